The molecule has 1 aromatic rings. The van der Waals surface area contributed by atoms with Gasteiger partial charge in [0.1, 0.15) is 11.5 Å². The zero-order chi connectivity index (χ0) is 13.8. The molecule has 0 saturated carbocycles. The fourth-order valence-corrected chi connectivity index (χ4v) is 1.77. The van der Waals surface area contributed by atoms with Crippen LogP contribution in [0, 0.1) is 0 Å². The minimum absolute atomic E-state index is 0.195. The second-order valence-electron chi connectivity index (χ2n) is 3.89. The first-order chi connectivity index (χ1) is 9.10. The van der Waals surface area contributed by atoms with Crippen molar-refractivity contribution in [1.29, 1.82) is 0 Å². The zero-order valence-electron chi connectivity index (χ0n) is 10.2. The Bertz CT molecular complexity index is 557. The van der Waals surface area contributed by atoms with Crippen molar-refractivity contribution in [3.63, 3.8) is 0 Å². The Morgan fingerprint density at radius 2 is 2.26 bits per heavy atom. The van der Waals surface area contributed by atoms with E-state index in [4.69, 9.17) is 16.3 Å². The Balaban J connectivity index is 2.09. The monoisotopic (exact) mass is 281 g/mol. The van der Waals surface area contributed by atoms with Crippen LogP contribution in [0.1, 0.15) is 12.8 Å². The number of anilines is 1. The molecule has 19 heavy (non-hydrogen) atoms. The van der Waals surface area contributed by atoms with Crippen LogP contribution in [0.3, 0.4) is 0 Å². The van der Waals surface area contributed by atoms with E-state index in [1.807, 2.05) is 0 Å². The van der Waals surface area contributed by atoms with Crippen molar-refractivity contribution >= 4 is 34.8 Å². The van der Waals surface area contributed by atoms with Gasteiger partial charge in [-0.1, -0.05) is 11.6 Å². The molecule has 1 aliphatic rings. The lowest BCUT2D eigenvalue weighted by molar-refractivity contribution is -0.121. The van der Waals surface area contributed by atoms with Crippen molar-refractivity contribution in [2.24, 2.45) is 5.10 Å². The molecular weight excluding hydrogens is 270 g/mol. The highest BCUT2D eigenvalue weighted by Crippen LogP contribution is 2.26. The van der Waals surface area contributed by atoms with Gasteiger partial charge in [0.15, 0.2) is 0 Å². The second kappa shape index (κ2) is 5.71. The third kappa shape index (κ3) is 3.23. The minimum Gasteiger partial charge on any atom is -0.497 e. The van der Waals surface area contributed by atoms with Gasteiger partial charge >= 0.3 is 0 Å². The number of nitrogens with zero attached hydrogens (tertiary/aromatic N) is 1. The van der Waals surface area contributed by atoms with Gasteiger partial charge in [0.25, 0.3) is 5.91 Å². The van der Waals surface area contributed by atoms with Gasteiger partial charge in [0.05, 0.1) is 17.8 Å². The summed E-state index contributed by atoms with van der Waals surface area (Å²) in [7, 11) is 1.53. The summed E-state index contributed by atoms with van der Waals surface area (Å²) in [5.41, 5.74) is 3.00. The van der Waals surface area contributed by atoms with E-state index in [1.165, 1.54) is 7.11 Å². The molecule has 0 atom stereocenters. The fraction of sp³-hybridized carbons (Fsp3) is 0.250. The van der Waals surface area contributed by atoms with E-state index in [2.05, 4.69) is 15.8 Å². The van der Waals surface area contributed by atoms with Gasteiger partial charge in [-0.2, -0.15) is 5.10 Å². The summed E-state index contributed by atoms with van der Waals surface area (Å²) in [5.74, 6) is 0.0244. The minimum atomic E-state index is -0.382. The van der Waals surface area contributed by atoms with Crippen molar-refractivity contribution in [1.82, 2.24) is 5.43 Å². The Hall–Kier alpha value is -2.08. The molecule has 1 heterocycles. The van der Waals surface area contributed by atoms with Gasteiger partial charge in [-0.25, -0.2) is 5.43 Å². The molecule has 0 aromatic heterocycles. The first-order valence-corrected chi connectivity index (χ1v) is 5.98. The van der Waals surface area contributed by atoms with Gasteiger partial charge < -0.3 is 10.1 Å². The highest BCUT2D eigenvalue weighted by Gasteiger charge is 2.19. The first-order valence-electron chi connectivity index (χ1n) is 5.60. The van der Waals surface area contributed by atoms with E-state index in [0.717, 1.165) is 0 Å². The summed E-state index contributed by atoms with van der Waals surface area (Å²) >= 11 is 6.01. The van der Waals surface area contributed by atoms with E-state index in [0.29, 0.717) is 22.9 Å². The molecule has 0 saturated heterocycles. The standard InChI is InChI=1S/C12H12ClN3O3/c1-19-7-2-3-9(8(13)6-7)14-12(18)10-4-5-11(17)16-15-10/h2-3,6H,4-5H2,1H3,(H,14,18)(H,16,17). The van der Waals surface area contributed by atoms with Crippen molar-refractivity contribution in [2.45, 2.75) is 12.8 Å². The Morgan fingerprint density at radius 1 is 1.47 bits per heavy atom. The molecule has 0 bridgehead atoms. The van der Waals surface area contributed by atoms with Gasteiger partial charge in [0.2, 0.25) is 5.91 Å². The van der Waals surface area contributed by atoms with Crippen LogP contribution in [0.2, 0.25) is 5.02 Å². The maximum Gasteiger partial charge on any atom is 0.271 e. The third-order valence-electron chi connectivity index (χ3n) is 2.59. The Morgan fingerprint density at radius 3 is 2.84 bits per heavy atom. The van der Waals surface area contributed by atoms with Crippen LogP contribution in [0.4, 0.5) is 5.69 Å². The number of nitrogens with one attached hydrogen (secondary N) is 2. The molecule has 7 heteroatoms. The average Bonchev–Trinajstić information content (AvgIpc) is 2.41. The molecule has 0 fully saturated rings. The maximum atomic E-state index is 11.9. The number of ether oxygens (including phenoxy) is 1. The summed E-state index contributed by atoms with van der Waals surface area (Å²) in [5, 5.41) is 6.71. The third-order valence-corrected chi connectivity index (χ3v) is 2.90. The van der Waals surface area contributed by atoms with Crippen LogP contribution in [-0.4, -0.2) is 24.6 Å². The maximum absolute atomic E-state index is 11.9. The summed E-state index contributed by atoms with van der Waals surface area (Å²) in [6.45, 7) is 0. The van der Waals surface area contributed by atoms with Gasteiger partial charge in [-0.3, -0.25) is 9.59 Å². The van der Waals surface area contributed by atoms with Crippen molar-refractivity contribution in [3.8, 4) is 5.75 Å². The van der Waals surface area contributed by atoms with E-state index in [9.17, 15) is 9.59 Å². The van der Waals surface area contributed by atoms with Crippen LogP contribution in [0.25, 0.3) is 0 Å². The molecule has 2 amide bonds. The highest BCUT2D eigenvalue weighted by molar-refractivity contribution is 6.44. The normalized spacial score (nSPS) is 14.4. The lowest BCUT2D eigenvalue weighted by Gasteiger charge is -2.13. The van der Waals surface area contributed by atoms with Crippen LogP contribution in [-0.2, 0) is 9.59 Å². The van der Waals surface area contributed by atoms with Crippen molar-refractivity contribution < 1.29 is 14.3 Å². The molecule has 2 rings (SSSR count). The molecule has 0 aliphatic carbocycles. The molecule has 0 spiro atoms. The number of amides is 2. The summed E-state index contributed by atoms with van der Waals surface area (Å²) < 4.78 is 5.01. The smallest absolute Gasteiger partial charge is 0.271 e. The first kappa shape index (κ1) is 13.4. The summed E-state index contributed by atoms with van der Waals surface area (Å²) in [4.78, 5) is 22.8. The van der Waals surface area contributed by atoms with Crippen LogP contribution in [0.15, 0.2) is 23.3 Å². The largest absolute Gasteiger partial charge is 0.497 e. The van der Waals surface area contributed by atoms with Gasteiger partial charge in [0, 0.05) is 18.9 Å². The molecule has 100 valence electrons. The lowest BCUT2D eigenvalue weighted by atomic mass is 10.1. The summed E-state index contributed by atoms with van der Waals surface area (Å²) in [6, 6.07) is 4.93. The van der Waals surface area contributed by atoms with Gasteiger partial charge in [-0.05, 0) is 12.1 Å². The molecular formula is C12H12ClN3O3. The zero-order valence-corrected chi connectivity index (χ0v) is 11.0. The predicted octanol–water partition coefficient (Wildman–Crippen LogP) is 1.55. The molecule has 0 unspecified atom stereocenters. The molecule has 1 aliphatic heterocycles. The topological polar surface area (TPSA) is 79.8 Å². The second-order valence-corrected chi connectivity index (χ2v) is 4.30. The quantitative estimate of drug-likeness (QED) is 0.882. The molecule has 0 radical (unpaired) electrons. The van der Waals surface area contributed by atoms with Crippen LogP contribution in [0.5, 0.6) is 5.75 Å². The molecule has 2 N–H and O–H groups in total. The van der Waals surface area contributed by atoms with Crippen molar-refractivity contribution in [2.75, 3.05) is 12.4 Å². The number of carbonyl (C=O) groups is 2. The molecule has 6 nitrogen and oxygen atoms in total. The SMILES string of the molecule is COc1ccc(NC(=O)C2=NNC(=O)CC2)c(Cl)c1. The Labute approximate surface area is 114 Å². The average molecular weight is 282 g/mol. The summed E-state index contributed by atoms with van der Waals surface area (Å²) in [6.07, 6.45) is 0.564. The number of halogens is 1. The van der Waals surface area contributed by atoms with E-state index in [1.54, 1.807) is 18.2 Å². The number of rotatable bonds is 3. The number of hydrazone groups is 1. The van der Waals surface area contributed by atoms with Crippen LogP contribution >= 0.6 is 11.6 Å². The lowest BCUT2D eigenvalue weighted by Crippen LogP contribution is -2.32. The van der Waals surface area contributed by atoms with E-state index in [-0.39, 0.29) is 23.9 Å². The fourth-order valence-electron chi connectivity index (χ4n) is 1.56. The molecule has 1 aromatic carbocycles. The van der Waals surface area contributed by atoms with Crippen LogP contribution < -0.4 is 15.5 Å². The van der Waals surface area contributed by atoms with E-state index >= 15 is 0 Å². The number of carbonyl (C=O) groups excluding carboxylic acids is 2. The predicted molar refractivity (Wildman–Crippen MR) is 71.4 cm³/mol. The number of hydrogen-bond acceptors (Lipinski definition) is 4. The number of benzene rings is 1. The number of hydrogen-bond donors (Lipinski definition) is 2. The van der Waals surface area contributed by atoms with E-state index < -0.39 is 0 Å². The van der Waals surface area contributed by atoms with Crippen molar-refractivity contribution in [3.05, 3.63) is 23.2 Å². The number of methoxy groups -OCH3 is 1. The van der Waals surface area contributed by atoms with Gasteiger partial charge in [-0.15, -0.1) is 0 Å². The highest BCUT2D eigenvalue weighted by atomic mass is 35.5. The Kier molecular flexibility index (Phi) is 4.01.